The third kappa shape index (κ3) is 4.38. The van der Waals surface area contributed by atoms with E-state index in [1.54, 1.807) is 7.11 Å². The van der Waals surface area contributed by atoms with Gasteiger partial charge in [-0.1, -0.05) is 0 Å². The van der Waals surface area contributed by atoms with Gasteiger partial charge < -0.3 is 15.2 Å². The number of benzene rings is 1. The first-order valence-corrected chi connectivity index (χ1v) is 5.24. The van der Waals surface area contributed by atoms with Gasteiger partial charge in [0.1, 0.15) is 0 Å². The first-order valence-electron chi connectivity index (χ1n) is 5.24. The number of nitro benzene ring substituents is 1. The first kappa shape index (κ1) is 13.4. The zero-order valence-corrected chi connectivity index (χ0v) is 9.72. The molecule has 0 spiro atoms. The van der Waals surface area contributed by atoms with E-state index in [1.807, 2.05) is 0 Å². The summed E-state index contributed by atoms with van der Waals surface area (Å²) < 4.78 is 10.2. The molecule has 0 unspecified atom stereocenters. The van der Waals surface area contributed by atoms with Crippen LogP contribution in [0.25, 0.3) is 0 Å². The second-order valence-corrected chi connectivity index (χ2v) is 3.54. The lowest BCUT2D eigenvalue weighted by Crippen LogP contribution is -2.02. The number of methoxy groups -OCH3 is 1. The summed E-state index contributed by atoms with van der Waals surface area (Å²) in [4.78, 5) is 10.1. The highest BCUT2D eigenvalue weighted by atomic mass is 16.6. The van der Waals surface area contributed by atoms with Crippen molar-refractivity contribution in [3.05, 3.63) is 33.9 Å². The molecule has 0 bridgehead atoms. The van der Waals surface area contributed by atoms with Gasteiger partial charge in [0.05, 0.1) is 11.5 Å². The van der Waals surface area contributed by atoms with Crippen LogP contribution >= 0.6 is 0 Å². The Bertz CT molecular complexity index is 382. The summed E-state index contributed by atoms with van der Waals surface area (Å²) in [7, 11) is 1.62. The predicted octanol–water partition coefficient (Wildman–Crippen LogP) is 1.73. The van der Waals surface area contributed by atoms with Crippen LogP contribution in [0, 0.1) is 10.1 Å². The second kappa shape index (κ2) is 6.82. The number of rotatable bonds is 7. The molecule has 0 amide bonds. The molecule has 0 aromatic heterocycles. The minimum absolute atomic E-state index is 0.0229. The molecule has 0 atom stereocenters. The van der Waals surface area contributed by atoms with Crippen LogP contribution in [0.2, 0.25) is 0 Å². The number of hydrogen-bond acceptors (Lipinski definition) is 5. The van der Waals surface area contributed by atoms with E-state index in [1.165, 1.54) is 18.2 Å². The predicted molar refractivity (Wildman–Crippen MR) is 63.7 cm³/mol. The summed E-state index contributed by atoms with van der Waals surface area (Å²) in [5.74, 6) is 0. The number of nitrogens with two attached hydrogens (primary N) is 1. The van der Waals surface area contributed by atoms with Crippen LogP contribution in [0.3, 0.4) is 0 Å². The Balaban J connectivity index is 2.51. The number of nitrogen functional groups attached to an aromatic ring is 1. The van der Waals surface area contributed by atoms with Crippen LogP contribution in [-0.4, -0.2) is 25.2 Å². The molecular formula is C11H16N2O4. The molecule has 1 rings (SSSR count). The monoisotopic (exact) mass is 240 g/mol. The SMILES string of the molecule is COCCCOCc1cc([N+](=O)[O-])ccc1N. The van der Waals surface area contributed by atoms with Crippen molar-refractivity contribution in [2.75, 3.05) is 26.1 Å². The highest BCUT2D eigenvalue weighted by Crippen LogP contribution is 2.20. The molecule has 6 nitrogen and oxygen atoms in total. The number of ether oxygens (including phenoxy) is 2. The third-order valence-electron chi connectivity index (χ3n) is 2.23. The lowest BCUT2D eigenvalue weighted by atomic mass is 10.2. The molecule has 0 aliphatic carbocycles. The average Bonchev–Trinajstić information content (AvgIpc) is 2.30. The zero-order valence-electron chi connectivity index (χ0n) is 9.72. The van der Waals surface area contributed by atoms with E-state index >= 15 is 0 Å². The topological polar surface area (TPSA) is 87.6 Å². The van der Waals surface area contributed by atoms with Gasteiger partial charge in [0.25, 0.3) is 5.69 Å². The molecule has 0 saturated heterocycles. The average molecular weight is 240 g/mol. The van der Waals surface area contributed by atoms with Crippen LogP contribution in [0.5, 0.6) is 0 Å². The molecule has 0 saturated carbocycles. The molecule has 0 aliphatic rings. The van der Waals surface area contributed by atoms with Crippen LogP contribution in [0.1, 0.15) is 12.0 Å². The van der Waals surface area contributed by atoms with Crippen LogP contribution in [0.15, 0.2) is 18.2 Å². The van der Waals surface area contributed by atoms with Crippen molar-refractivity contribution in [3.8, 4) is 0 Å². The fourth-order valence-electron chi connectivity index (χ4n) is 1.32. The van der Waals surface area contributed by atoms with E-state index in [0.29, 0.717) is 24.5 Å². The number of non-ortho nitro benzene ring substituents is 1. The van der Waals surface area contributed by atoms with Gasteiger partial charge in [-0.25, -0.2) is 0 Å². The van der Waals surface area contributed by atoms with Gasteiger partial charge in [-0.2, -0.15) is 0 Å². The molecule has 1 aromatic rings. The van der Waals surface area contributed by atoms with Gasteiger partial charge in [-0.05, 0) is 12.5 Å². The zero-order chi connectivity index (χ0) is 12.7. The van der Waals surface area contributed by atoms with Crippen molar-refractivity contribution < 1.29 is 14.4 Å². The minimum Gasteiger partial charge on any atom is -0.398 e. The minimum atomic E-state index is -0.451. The van der Waals surface area contributed by atoms with Crippen molar-refractivity contribution in [3.63, 3.8) is 0 Å². The summed E-state index contributed by atoms with van der Waals surface area (Å²) in [6, 6.07) is 4.33. The first-order chi connectivity index (χ1) is 8.15. The summed E-state index contributed by atoms with van der Waals surface area (Å²) in [5.41, 5.74) is 6.86. The van der Waals surface area contributed by atoms with Crippen molar-refractivity contribution in [1.82, 2.24) is 0 Å². The van der Waals surface area contributed by atoms with Crippen LogP contribution in [-0.2, 0) is 16.1 Å². The quantitative estimate of drug-likeness (QED) is 0.339. The summed E-state index contributed by atoms with van der Waals surface area (Å²) >= 11 is 0. The van der Waals surface area contributed by atoms with Crippen LogP contribution < -0.4 is 5.73 Å². The standard InChI is InChI=1S/C11H16N2O4/c1-16-5-2-6-17-8-9-7-10(13(14)15)3-4-11(9)12/h3-4,7H,2,5-6,8,12H2,1H3. The number of anilines is 1. The maximum atomic E-state index is 10.6. The van der Waals surface area contributed by atoms with E-state index < -0.39 is 4.92 Å². The van der Waals surface area contributed by atoms with Gasteiger partial charge in [0.15, 0.2) is 0 Å². The lowest BCUT2D eigenvalue weighted by molar-refractivity contribution is -0.384. The van der Waals surface area contributed by atoms with Gasteiger partial charge in [-0.15, -0.1) is 0 Å². The number of nitrogens with zero attached hydrogens (tertiary/aromatic N) is 1. The second-order valence-electron chi connectivity index (χ2n) is 3.54. The molecule has 0 fully saturated rings. The summed E-state index contributed by atoms with van der Waals surface area (Å²) in [6.07, 6.45) is 0.783. The Morgan fingerprint density at radius 1 is 1.41 bits per heavy atom. The van der Waals surface area contributed by atoms with Gasteiger partial charge in [0.2, 0.25) is 0 Å². The van der Waals surface area contributed by atoms with Crippen LogP contribution in [0.4, 0.5) is 11.4 Å². The molecule has 0 aliphatic heterocycles. The van der Waals surface area contributed by atoms with Gasteiger partial charge in [0, 0.05) is 43.7 Å². The fraction of sp³-hybridized carbons (Fsp3) is 0.455. The Labute approximate surface area is 99.5 Å². The van der Waals surface area contributed by atoms with E-state index in [0.717, 1.165) is 6.42 Å². The van der Waals surface area contributed by atoms with Crippen molar-refractivity contribution in [1.29, 1.82) is 0 Å². The van der Waals surface area contributed by atoms with Crippen molar-refractivity contribution >= 4 is 11.4 Å². The molecule has 2 N–H and O–H groups in total. The Hall–Kier alpha value is -1.66. The molecule has 1 aromatic carbocycles. The number of hydrogen-bond donors (Lipinski definition) is 1. The summed E-state index contributed by atoms with van der Waals surface area (Å²) in [5, 5.41) is 10.6. The van der Waals surface area contributed by atoms with Crippen molar-refractivity contribution in [2.45, 2.75) is 13.0 Å². The molecule has 6 heteroatoms. The Morgan fingerprint density at radius 2 is 2.18 bits per heavy atom. The van der Waals surface area contributed by atoms with Gasteiger partial charge in [-0.3, -0.25) is 10.1 Å². The third-order valence-corrected chi connectivity index (χ3v) is 2.23. The fourth-order valence-corrected chi connectivity index (χ4v) is 1.32. The van der Waals surface area contributed by atoms with E-state index in [-0.39, 0.29) is 12.3 Å². The summed E-state index contributed by atoms with van der Waals surface area (Å²) in [6.45, 7) is 1.44. The Kier molecular flexibility index (Phi) is 5.38. The lowest BCUT2D eigenvalue weighted by Gasteiger charge is -2.06. The van der Waals surface area contributed by atoms with E-state index in [2.05, 4.69) is 0 Å². The van der Waals surface area contributed by atoms with Crippen molar-refractivity contribution in [2.24, 2.45) is 0 Å². The maximum absolute atomic E-state index is 10.6. The molecular weight excluding hydrogens is 224 g/mol. The largest absolute Gasteiger partial charge is 0.398 e. The normalized spacial score (nSPS) is 10.4. The molecule has 94 valence electrons. The maximum Gasteiger partial charge on any atom is 0.269 e. The van der Waals surface area contributed by atoms with E-state index in [9.17, 15) is 10.1 Å². The highest BCUT2D eigenvalue weighted by molar-refractivity contribution is 5.52. The number of nitro groups is 1. The molecule has 0 radical (unpaired) electrons. The highest BCUT2D eigenvalue weighted by Gasteiger charge is 2.08. The molecule has 17 heavy (non-hydrogen) atoms. The van der Waals surface area contributed by atoms with E-state index in [4.69, 9.17) is 15.2 Å². The smallest absolute Gasteiger partial charge is 0.269 e. The van der Waals surface area contributed by atoms with Gasteiger partial charge >= 0.3 is 0 Å². The Morgan fingerprint density at radius 3 is 2.82 bits per heavy atom. The molecule has 0 heterocycles.